The predicted molar refractivity (Wildman–Crippen MR) is 48.7 cm³/mol. The lowest BCUT2D eigenvalue weighted by Gasteiger charge is -2.01. The van der Waals surface area contributed by atoms with Crippen molar-refractivity contribution in [1.82, 2.24) is 9.38 Å². The number of thiazole rings is 1. The minimum absolute atomic E-state index is 0.386. The average Bonchev–Trinajstić information content (AvgIpc) is 2.44. The van der Waals surface area contributed by atoms with E-state index in [-0.39, 0.29) is 0 Å². The molecule has 0 unspecified atom stereocenters. The van der Waals surface area contributed by atoms with Gasteiger partial charge in [0.2, 0.25) is 0 Å². The molecule has 0 aliphatic heterocycles. The van der Waals surface area contributed by atoms with Crippen LogP contribution in [0, 0.1) is 0 Å². The van der Waals surface area contributed by atoms with Crippen LogP contribution in [0.1, 0.15) is 18.7 Å². The van der Waals surface area contributed by atoms with Crippen LogP contribution in [0.5, 0.6) is 0 Å². The summed E-state index contributed by atoms with van der Waals surface area (Å²) < 4.78 is 1.80. The Balaban J connectivity index is 2.76. The predicted octanol–water partition coefficient (Wildman–Crippen LogP) is 2.10. The highest BCUT2D eigenvalue weighted by Gasteiger charge is 2.14. The zero-order valence-corrected chi connectivity index (χ0v) is 7.93. The second kappa shape index (κ2) is 2.73. The molecule has 2 heterocycles. The van der Waals surface area contributed by atoms with Crippen LogP contribution in [0.25, 0.3) is 4.96 Å². The molecule has 0 amide bonds. The summed E-state index contributed by atoms with van der Waals surface area (Å²) in [7, 11) is 0. The number of hydrogen-bond donors (Lipinski definition) is 1. The number of aliphatic hydroxyl groups is 1. The van der Waals surface area contributed by atoms with Gasteiger partial charge >= 0.3 is 0 Å². The molecule has 0 spiro atoms. The smallest absolute Gasteiger partial charge is 0.195 e. The Kier molecular flexibility index (Phi) is 1.83. The number of aliphatic hydroxyl groups excluding tert-OH is 1. The van der Waals surface area contributed by atoms with Gasteiger partial charge in [-0.05, 0) is 6.92 Å². The Morgan fingerprint density at radius 3 is 3.17 bits per heavy atom. The van der Waals surface area contributed by atoms with Crippen molar-refractivity contribution in [2.75, 3.05) is 0 Å². The molecule has 0 saturated heterocycles. The lowest BCUT2D eigenvalue weighted by atomic mass is 10.3. The van der Waals surface area contributed by atoms with E-state index in [0.717, 1.165) is 4.96 Å². The second-order valence-electron chi connectivity index (χ2n) is 2.52. The standard InChI is InChI=1S/C7H7ClN2OS/c1-4(11)5-6(8)9-7-10(5)2-3-12-7/h2-4,11H,1H3/t4-/m0/s1. The van der Waals surface area contributed by atoms with E-state index in [1.165, 1.54) is 11.3 Å². The molecule has 2 aromatic heterocycles. The zero-order chi connectivity index (χ0) is 8.72. The summed E-state index contributed by atoms with van der Waals surface area (Å²) in [6.07, 6.45) is 1.27. The van der Waals surface area contributed by atoms with Crippen molar-refractivity contribution in [3.05, 3.63) is 22.4 Å². The summed E-state index contributed by atoms with van der Waals surface area (Å²) in [6.45, 7) is 1.67. The first-order valence-corrected chi connectivity index (χ1v) is 4.75. The fourth-order valence-electron chi connectivity index (χ4n) is 1.15. The lowest BCUT2D eigenvalue weighted by Crippen LogP contribution is -1.95. The minimum atomic E-state index is -0.581. The van der Waals surface area contributed by atoms with Gasteiger partial charge in [0, 0.05) is 11.6 Å². The van der Waals surface area contributed by atoms with E-state index >= 15 is 0 Å². The van der Waals surface area contributed by atoms with Gasteiger partial charge in [-0.15, -0.1) is 11.3 Å². The van der Waals surface area contributed by atoms with Gasteiger partial charge in [0.15, 0.2) is 10.1 Å². The maximum absolute atomic E-state index is 9.37. The Morgan fingerprint density at radius 2 is 2.50 bits per heavy atom. The molecule has 3 nitrogen and oxygen atoms in total. The zero-order valence-electron chi connectivity index (χ0n) is 6.36. The number of fused-ring (bicyclic) bond motifs is 1. The van der Waals surface area contributed by atoms with Crippen molar-refractivity contribution in [3.8, 4) is 0 Å². The third-order valence-electron chi connectivity index (χ3n) is 1.65. The molecule has 0 saturated carbocycles. The molecule has 1 N–H and O–H groups in total. The summed E-state index contributed by atoms with van der Waals surface area (Å²) in [5.74, 6) is 0. The van der Waals surface area contributed by atoms with Crippen LogP contribution in [0.15, 0.2) is 11.6 Å². The highest BCUT2D eigenvalue weighted by atomic mass is 35.5. The molecular weight excluding hydrogens is 196 g/mol. The Hall–Kier alpha value is -0.580. The third kappa shape index (κ3) is 1.03. The van der Waals surface area contributed by atoms with E-state index in [0.29, 0.717) is 10.8 Å². The summed E-state index contributed by atoms with van der Waals surface area (Å²) >= 11 is 7.31. The van der Waals surface area contributed by atoms with Crippen molar-refractivity contribution in [3.63, 3.8) is 0 Å². The first-order valence-electron chi connectivity index (χ1n) is 3.49. The molecule has 0 aliphatic rings. The number of halogens is 1. The number of aromatic nitrogens is 2. The molecular formula is C7H7ClN2OS. The Morgan fingerprint density at radius 1 is 1.75 bits per heavy atom. The van der Waals surface area contributed by atoms with Crippen LogP contribution in [0.2, 0.25) is 5.15 Å². The van der Waals surface area contributed by atoms with Crippen LogP contribution in [-0.4, -0.2) is 14.5 Å². The molecule has 0 bridgehead atoms. The lowest BCUT2D eigenvalue weighted by molar-refractivity contribution is 0.193. The molecule has 0 aliphatic carbocycles. The normalized spacial score (nSPS) is 13.9. The summed E-state index contributed by atoms with van der Waals surface area (Å²) in [6, 6.07) is 0. The van der Waals surface area contributed by atoms with E-state index in [1.54, 1.807) is 11.3 Å². The largest absolute Gasteiger partial charge is 0.387 e. The topological polar surface area (TPSA) is 37.5 Å². The van der Waals surface area contributed by atoms with Crippen molar-refractivity contribution >= 4 is 27.9 Å². The summed E-state index contributed by atoms with van der Waals surface area (Å²) in [5.41, 5.74) is 0.660. The molecule has 1 atom stereocenters. The highest BCUT2D eigenvalue weighted by molar-refractivity contribution is 7.15. The Labute approximate surface area is 78.2 Å². The van der Waals surface area contributed by atoms with Crippen LogP contribution in [-0.2, 0) is 0 Å². The molecule has 2 aromatic rings. The average molecular weight is 203 g/mol. The molecule has 0 aromatic carbocycles. The molecule has 64 valence electrons. The molecule has 12 heavy (non-hydrogen) atoms. The van der Waals surface area contributed by atoms with Gasteiger partial charge in [0.05, 0.1) is 11.8 Å². The van der Waals surface area contributed by atoms with Crippen molar-refractivity contribution in [2.24, 2.45) is 0 Å². The Bertz CT molecular complexity index is 406. The van der Waals surface area contributed by atoms with E-state index in [4.69, 9.17) is 11.6 Å². The highest BCUT2D eigenvalue weighted by Crippen LogP contribution is 2.25. The number of hydrogen-bond acceptors (Lipinski definition) is 3. The van der Waals surface area contributed by atoms with E-state index < -0.39 is 6.10 Å². The van der Waals surface area contributed by atoms with Crippen molar-refractivity contribution in [1.29, 1.82) is 0 Å². The van der Waals surface area contributed by atoms with Crippen LogP contribution < -0.4 is 0 Å². The van der Waals surface area contributed by atoms with Gasteiger partial charge in [-0.25, -0.2) is 4.98 Å². The second-order valence-corrected chi connectivity index (χ2v) is 3.75. The summed E-state index contributed by atoms with van der Waals surface area (Å²) in [5, 5.41) is 11.7. The monoisotopic (exact) mass is 202 g/mol. The van der Waals surface area contributed by atoms with Gasteiger partial charge in [0.25, 0.3) is 0 Å². The number of imidazole rings is 1. The number of rotatable bonds is 1. The number of nitrogens with zero attached hydrogens (tertiary/aromatic N) is 2. The minimum Gasteiger partial charge on any atom is -0.387 e. The quantitative estimate of drug-likeness (QED) is 0.769. The van der Waals surface area contributed by atoms with E-state index in [9.17, 15) is 5.11 Å². The molecule has 0 fully saturated rings. The van der Waals surface area contributed by atoms with Crippen LogP contribution in [0.4, 0.5) is 0 Å². The first kappa shape index (κ1) is 8.04. The summed E-state index contributed by atoms with van der Waals surface area (Å²) in [4.78, 5) is 4.90. The maximum Gasteiger partial charge on any atom is 0.195 e. The van der Waals surface area contributed by atoms with E-state index in [2.05, 4.69) is 4.98 Å². The van der Waals surface area contributed by atoms with Gasteiger partial charge in [0.1, 0.15) is 0 Å². The van der Waals surface area contributed by atoms with E-state index in [1.807, 2.05) is 11.6 Å². The van der Waals surface area contributed by atoms with Gasteiger partial charge < -0.3 is 5.11 Å². The van der Waals surface area contributed by atoms with Gasteiger partial charge in [-0.1, -0.05) is 11.6 Å². The molecule has 5 heteroatoms. The van der Waals surface area contributed by atoms with Crippen molar-refractivity contribution < 1.29 is 5.11 Å². The molecule has 2 rings (SSSR count). The SMILES string of the molecule is C[C@H](O)c1c(Cl)nc2sccn12. The van der Waals surface area contributed by atoms with Crippen LogP contribution >= 0.6 is 22.9 Å². The fourth-order valence-corrected chi connectivity index (χ4v) is 2.25. The van der Waals surface area contributed by atoms with Gasteiger partial charge in [-0.3, -0.25) is 4.40 Å². The maximum atomic E-state index is 9.37. The van der Waals surface area contributed by atoms with Crippen molar-refractivity contribution in [2.45, 2.75) is 13.0 Å². The van der Waals surface area contributed by atoms with Crippen LogP contribution in [0.3, 0.4) is 0 Å². The van der Waals surface area contributed by atoms with Gasteiger partial charge in [-0.2, -0.15) is 0 Å². The molecule has 0 radical (unpaired) electrons. The first-order chi connectivity index (χ1) is 5.70. The third-order valence-corrected chi connectivity index (χ3v) is 2.68. The fraction of sp³-hybridized carbons (Fsp3) is 0.286.